The summed E-state index contributed by atoms with van der Waals surface area (Å²) < 4.78 is 27.7. The van der Waals surface area contributed by atoms with Crippen molar-refractivity contribution in [3.05, 3.63) is 51.7 Å². The number of hydrogen-bond acceptors (Lipinski definition) is 5. The lowest BCUT2D eigenvalue weighted by molar-refractivity contribution is -0.119. The van der Waals surface area contributed by atoms with Crippen LogP contribution in [0.15, 0.2) is 34.0 Å². The number of carbonyl (C=O) groups excluding carboxylic acids is 1. The molecule has 1 amide bonds. The van der Waals surface area contributed by atoms with Crippen LogP contribution < -0.4 is 16.1 Å². The number of aryl methyl sites for hydroxylation is 1. The Balaban J connectivity index is 2.04. The van der Waals surface area contributed by atoms with Crippen LogP contribution in [0.25, 0.3) is 0 Å². The maximum atomic E-state index is 12.2. The van der Waals surface area contributed by atoms with Crippen LogP contribution in [-0.2, 0) is 27.9 Å². The third kappa shape index (κ3) is 3.92. The van der Waals surface area contributed by atoms with Gasteiger partial charge in [0.1, 0.15) is 0 Å². The molecule has 130 valence electrons. The lowest BCUT2D eigenvalue weighted by Crippen LogP contribution is -2.32. The molecule has 1 aromatic carbocycles. The molecule has 4 N–H and O–H groups in total. The Morgan fingerprint density at radius 3 is 2.38 bits per heavy atom. The molecule has 0 radical (unpaired) electrons. The predicted octanol–water partition coefficient (Wildman–Crippen LogP) is 0.147. The van der Waals surface area contributed by atoms with Crippen molar-refractivity contribution in [2.75, 3.05) is 0 Å². The highest BCUT2D eigenvalue weighted by atomic mass is 32.2. The number of benzene rings is 1. The summed E-state index contributed by atoms with van der Waals surface area (Å²) >= 11 is 0. The van der Waals surface area contributed by atoms with E-state index < -0.39 is 15.9 Å². The van der Waals surface area contributed by atoms with Crippen LogP contribution in [0.3, 0.4) is 0 Å². The fourth-order valence-corrected chi connectivity index (χ4v) is 3.23. The molecule has 0 saturated carbocycles. The van der Waals surface area contributed by atoms with Crippen molar-refractivity contribution < 1.29 is 13.2 Å². The van der Waals surface area contributed by atoms with Crippen LogP contribution in [0.4, 0.5) is 0 Å². The van der Waals surface area contributed by atoms with E-state index in [-0.39, 0.29) is 23.6 Å². The predicted molar refractivity (Wildman–Crippen MR) is 88.8 cm³/mol. The van der Waals surface area contributed by atoms with E-state index in [2.05, 4.69) is 4.98 Å². The van der Waals surface area contributed by atoms with E-state index in [4.69, 9.17) is 5.73 Å². The SMILES string of the molecule is Cc1[nH]c(=O)n(CCC(=O)NS(=O)(=O)c2ccc(CN)cc2)c1C. The zero-order valence-electron chi connectivity index (χ0n) is 13.5. The first kappa shape index (κ1) is 18.0. The number of rotatable bonds is 6. The normalized spacial score (nSPS) is 11.5. The molecule has 2 rings (SSSR count). The second-order valence-corrected chi connectivity index (χ2v) is 7.10. The highest BCUT2D eigenvalue weighted by molar-refractivity contribution is 7.90. The standard InChI is InChI=1S/C15H20N4O4S/c1-10-11(2)19(15(21)17-10)8-7-14(20)18-24(22,23)13-5-3-12(9-16)4-6-13/h3-6H,7-9,16H2,1-2H3,(H,17,21)(H,18,20). The van der Waals surface area contributed by atoms with Gasteiger partial charge in [0.15, 0.2) is 0 Å². The van der Waals surface area contributed by atoms with Gasteiger partial charge in [-0.15, -0.1) is 0 Å². The average Bonchev–Trinajstić information content (AvgIpc) is 2.77. The van der Waals surface area contributed by atoms with Crippen molar-refractivity contribution in [2.45, 2.75) is 38.3 Å². The third-order valence-electron chi connectivity index (χ3n) is 3.77. The second-order valence-electron chi connectivity index (χ2n) is 5.42. The van der Waals surface area contributed by atoms with Crippen LogP contribution in [0.2, 0.25) is 0 Å². The third-order valence-corrected chi connectivity index (χ3v) is 5.16. The molecule has 0 fully saturated rings. The first-order chi connectivity index (χ1) is 11.2. The van der Waals surface area contributed by atoms with E-state index in [0.717, 1.165) is 5.56 Å². The fourth-order valence-electron chi connectivity index (χ4n) is 2.22. The molecule has 24 heavy (non-hydrogen) atoms. The van der Waals surface area contributed by atoms with E-state index in [9.17, 15) is 18.0 Å². The summed E-state index contributed by atoms with van der Waals surface area (Å²) in [6.45, 7) is 3.91. The van der Waals surface area contributed by atoms with Gasteiger partial charge < -0.3 is 10.7 Å². The molecule has 9 heteroatoms. The number of aromatic amines is 1. The van der Waals surface area contributed by atoms with Crippen LogP contribution >= 0.6 is 0 Å². The second kappa shape index (κ2) is 7.02. The molecule has 0 spiro atoms. The summed E-state index contributed by atoms with van der Waals surface area (Å²) in [7, 11) is -3.94. The van der Waals surface area contributed by atoms with Gasteiger partial charge in [-0.1, -0.05) is 12.1 Å². The molecule has 0 saturated heterocycles. The van der Waals surface area contributed by atoms with Crippen molar-refractivity contribution in [2.24, 2.45) is 5.73 Å². The maximum Gasteiger partial charge on any atom is 0.325 e. The topological polar surface area (TPSA) is 127 Å². The lowest BCUT2D eigenvalue weighted by Gasteiger charge is -2.08. The molecule has 2 aromatic rings. The Hall–Kier alpha value is -2.39. The minimum absolute atomic E-state index is 0.0149. The van der Waals surface area contributed by atoms with Crippen molar-refractivity contribution in [3.63, 3.8) is 0 Å². The van der Waals surface area contributed by atoms with Gasteiger partial charge in [0.25, 0.3) is 10.0 Å². The minimum atomic E-state index is -3.94. The Labute approximate surface area is 139 Å². The van der Waals surface area contributed by atoms with Crippen LogP contribution in [0.5, 0.6) is 0 Å². The van der Waals surface area contributed by atoms with Crippen LogP contribution in [0, 0.1) is 13.8 Å². The number of H-pyrrole nitrogens is 1. The van der Waals surface area contributed by atoms with Crippen molar-refractivity contribution >= 4 is 15.9 Å². The highest BCUT2D eigenvalue weighted by Crippen LogP contribution is 2.10. The molecule has 0 unspecified atom stereocenters. The lowest BCUT2D eigenvalue weighted by atomic mass is 10.2. The monoisotopic (exact) mass is 352 g/mol. The quantitative estimate of drug-likeness (QED) is 0.682. The van der Waals surface area contributed by atoms with Crippen molar-refractivity contribution in [1.82, 2.24) is 14.3 Å². The van der Waals surface area contributed by atoms with E-state index in [1.807, 2.05) is 4.72 Å². The van der Waals surface area contributed by atoms with Gasteiger partial charge >= 0.3 is 5.69 Å². The van der Waals surface area contributed by atoms with Gasteiger partial charge in [-0.05, 0) is 31.5 Å². The Morgan fingerprint density at radius 2 is 1.88 bits per heavy atom. The van der Waals surface area contributed by atoms with E-state index in [0.29, 0.717) is 17.9 Å². The Morgan fingerprint density at radius 1 is 1.25 bits per heavy atom. The zero-order chi connectivity index (χ0) is 17.9. The number of nitrogens with zero attached hydrogens (tertiary/aromatic N) is 1. The van der Waals surface area contributed by atoms with Crippen molar-refractivity contribution in [3.8, 4) is 0 Å². The summed E-state index contributed by atoms with van der Waals surface area (Å²) in [5.74, 6) is -0.678. The van der Waals surface area contributed by atoms with Gasteiger partial charge in [0.2, 0.25) is 5.91 Å². The molecule has 0 aliphatic carbocycles. The van der Waals surface area contributed by atoms with Crippen LogP contribution in [-0.4, -0.2) is 23.9 Å². The molecule has 0 atom stereocenters. The fraction of sp³-hybridized carbons (Fsp3) is 0.333. The first-order valence-electron chi connectivity index (χ1n) is 7.35. The summed E-state index contributed by atoms with van der Waals surface area (Å²) in [4.78, 5) is 26.2. The Kier molecular flexibility index (Phi) is 5.25. The zero-order valence-corrected chi connectivity index (χ0v) is 14.3. The smallest absolute Gasteiger partial charge is 0.325 e. The van der Waals surface area contributed by atoms with E-state index in [1.165, 1.54) is 16.7 Å². The molecule has 1 aromatic heterocycles. The molecule has 1 heterocycles. The van der Waals surface area contributed by atoms with E-state index >= 15 is 0 Å². The van der Waals surface area contributed by atoms with Gasteiger partial charge in [-0.2, -0.15) is 0 Å². The number of aromatic nitrogens is 2. The number of hydrogen-bond donors (Lipinski definition) is 3. The molecular formula is C15H20N4O4S. The molecule has 0 aliphatic heterocycles. The van der Waals surface area contributed by atoms with Crippen molar-refractivity contribution in [1.29, 1.82) is 0 Å². The number of nitrogens with two attached hydrogens (primary N) is 1. The van der Waals surface area contributed by atoms with E-state index in [1.54, 1.807) is 26.0 Å². The molecule has 8 nitrogen and oxygen atoms in total. The van der Waals surface area contributed by atoms with Gasteiger partial charge in [0.05, 0.1) is 4.90 Å². The average molecular weight is 352 g/mol. The number of imidazole rings is 1. The maximum absolute atomic E-state index is 12.2. The largest absolute Gasteiger partial charge is 0.326 e. The van der Waals surface area contributed by atoms with Gasteiger partial charge in [-0.3, -0.25) is 9.36 Å². The number of nitrogens with one attached hydrogen (secondary N) is 2. The van der Waals surface area contributed by atoms with Gasteiger partial charge in [0, 0.05) is 30.9 Å². The summed E-state index contributed by atoms with van der Waals surface area (Å²) in [6.07, 6.45) is -0.127. The summed E-state index contributed by atoms with van der Waals surface area (Å²) in [5.41, 5.74) is 7.36. The minimum Gasteiger partial charge on any atom is -0.326 e. The van der Waals surface area contributed by atoms with Gasteiger partial charge in [-0.25, -0.2) is 17.9 Å². The summed E-state index contributed by atoms with van der Waals surface area (Å²) in [6, 6.07) is 5.96. The number of carbonyl (C=O) groups is 1. The number of sulfonamides is 1. The molecule has 0 bridgehead atoms. The highest BCUT2D eigenvalue weighted by Gasteiger charge is 2.18. The Bertz CT molecular complexity index is 895. The number of amides is 1. The molecular weight excluding hydrogens is 332 g/mol. The molecule has 0 aliphatic rings. The first-order valence-corrected chi connectivity index (χ1v) is 8.83. The summed E-state index contributed by atoms with van der Waals surface area (Å²) in [5, 5.41) is 0. The van der Waals surface area contributed by atoms with Crippen LogP contribution in [0.1, 0.15) is 23.4 Å².